The van der Waals surface area contributed by atoms with E-state index in [2.05, 4.69) is 20.6 Å². The lowest BCUT2D eigenvalue weighted by atomic mass is 10.1. The van der Waals surface area contributed by atoms with Crippen molar-refractivity contribution in [2.24, 2.45) is 0 Å². The molecule has 0 atom stereocenters. The molecule has 0 amide bonds. The summed E-state index contributed by atoms with van der Waals surface area (Å²) in [6.45, 7) is 0.539. The van der Waals surface area contributed by atoms with Crippen LogP contribution in [0.25, 0.3) is 0 Å². The predicted molar refractivity (Wildman–Crippen MR) is 90.3 cm³/mol. The fraction of sp³-hybridized carbons (Fsp3) is 0.111. The Labute approximate surface area is 138 Å². The molecule has 0 saturated carbocycles. The summed E-state index contributed by atoms with van der Waals surface area (Å²) in [4.78, 5) is 8.40. The normalized spacial score (nSPS) is 10.4. The van der Waals surface area contributed by atoms with Gasteiger partial charge < -0.3 is 10.6 Å². The van der Waals surface area contributed by atoms with Crippen LogP contribution in [0.3, 0.4) is 0 Å². The van der Waals surface area contributed by atoms with Gasteiger partial charge >= 0.3 is 0 Å². The molecular formula is C18H16F2N4. The van der Waals surface area contributed by atoms with Crippen molar-refractivity contribution in [3.8, 4) is 0 Å². The van der Waals surface area contributed by atoms with Crippen molar-refractivity contribution in [2.75, 3.05) is 17.2 Å². The Hall–Kier alpha value is -3.02. The molecule has 0 spiro atoms. The second kappa shape index (κ2) is 7.50. The van der Waals surface area contributed by atoms with E-state index in [4.69, 9.17) is 0 Å². The number of nitrogens with zero attached hydrogens (tertiary/aromatic N) is 2. The van der Waals surface area contributed by atoms with Crippen LogP contribution in [0.2, 0.25) is 0 Å². The number of anilines is 3. The van der Waals surface area contributed by atoms with Gasteiger partial charge in [-0.1, -0.05) is 24.3 Å². The number of rotatable bonds is 6. The Morgan fingerprint density at radius 3 is 2.67 bits per heavy atom. The minimum atomic E-state index is -0.334. The number of nitrogens with one attached hydrogen (secondary N) is 2. The molecule has 2 N–H and O–H groups in total. The largest absolute Gasteiger partial charge is 0.370 e. The standard InChI is InChI=1S/C18H16F2N4/c19-14-5-3-6-15(12-14)23-18-22-11-9-17(24-18)21-10-8-13-4-1-2-7-16(13)20/h1-7,9,11-12H,8,10H2,(H2,21,22,23,24). The monoisotopic (exact) mass is 326 g/mol. The van der Waals surface area contributed by atoms with Gasteiger partial charge in [-0.2, -0.15) is 4.98 Å². The second-order valence-corrected chi connectivity index (χ2v) is 5.17. The van der Waals surface area contributed by atoms with Crippen LogP contribution in [0.4, 0.5) is 26.2 Å². The van der Waals surface area contributed by atoms with Crippen molar-refractivity contribution in [3.63, 3.8) is 0 Å². The summed E-state index contributed by atoms with van der Waals surface area (Å²) < 4.78 is 26.7. The molecule has 1 aromatic heterocycles. The number of hydrogen-bond donors (Lipinski definition) is 2. The van der Waals surface area contributed by atoms with Gasteiger partial charge in [0, 0.05) is 18.4 Å². The quantitative estimate of drug-likeness (QED) is 0.714. The first-order valence-electron chi connectivity index (χ1n) is 7.53. The predicted octanol–water partition coefficient (Wildman–Crippen LogP) is 4.15. The molecule has 0 fully saturated rings. The number of halogens is 2. The summed E-state index contributed by atoms with van der Waals surface area (Å²) in [5, 5.41) is 6.07. The van der Waals surface area contributed by atoms with Gasteiger partial charge in [0.15, 0.2) is 0 Å². The third-order valence-electron chi connectivity index (χ3n) is 3.39. The first-order valence-corrected chi connectivity index (χ1v) is 7.53. The summed E-state index contributed by atoms with van der Waals surface area (Å²) in [6.07, 6.45) is 2.14. The summed E-state index contributed by atoms with van der Waals surface area (Å²) in [7, 11) is 0. The van der Waals surface area contributed by atoms with Crippen LogP contribution >= 0.6 is 0 Å². The third kappa shape index (κ3) is 4.25. The van der Waals surface area contributed by atoms with Crippen LogP contribution in [-0.4, -0.2) is 16.5 Å². The van der Waals surface area contributed by atoms with Crippen LogP contribution in [0, 0.1) is 11.6 Å². The molecule has 24 heavy (non-hydrogen) atoms. The zero-order chi connectivity index (χ0) is 16.8. The SMILES string of the molecule is Fc1cccc(Nc2nccc(NCCc3ccccc3F)n2)c1. The smallest absolute Gasteiger partial charge is 0.229 e. The lowest BCUT2D eigenvalue weighted by Gasteiger charge is -2.09. The molecular weight excluding hydrogens is 310 g/mol. The minimum absolute atomic E-state index is 0.213. The van der Waals surface area contributed by atoms with Crippen molar-refractivity contribution in [1.82, 2.24) is 9.97 Å². The highest BCUT2D eigenvalue weighted by Crippen LogP contribution is 2.15. The van der Waals surface area contributed by atoms with E-state index in [0.717, 1.165) is 0 Å². The molecule has 0 unspecified atom stereocenters. The van der Waals surface area contributed by atoms with E-state index < -0.39 is 0 Å². The minimum Gasteiger partial charge on any atom is -0.370 e. The first-order chi connectivity index (χ1) is 11.7. The average Bonchev–Trinajstić information content (AvgIpc) is 2.57. The maximum absolute atomic E-state index is 13.6. The second-order valence-electron chi connectivity index (χ2n) is 5.17. The highest BCUT2D eigenvalue weighted by molar-refractivity contribution is 5.54. The molecule has 0 radical (unpaired) electrons. The highest BCUT2D eigenvalue weighted by Gasteiger charge is 2.03. The van der Waals surface area contributed by atoms with E-state index in [9.17, 15) is 8.78 Å². The van der Waals surface area contributed by atoms with E-state index >= 15 is 0 Å². The van der Waals surface area contributed by atoms with Gasteiger partial charge in [-0.15, -0.1) is 0 Å². The number of aromatic nitrogens is 2. The molecule has 0 aliphatic carbocycles. The molecule has 0 saturated heterocycles. The van der Waals surface area contributed by atoms with Crippen molar-refractivity contribution in [2.45, 2.75) is 6.42 Å². The topological polar surface area (TPSA) is 49.8 Å². The average molecular weight is 326 g/mol. The molecule has 3 rings (SSSR count). The Bertz CT molecular complexity index is 823. The maximum Gasteiger partial charge on any atom is 0.229 e. The Morgan fingerprint density at radius 1 is 0.958 bits per heavy atom. The van der Waals surface area contributed by atoms with Gasteiger partial charge in [-0.25, -0.2) is 13.8 Å². The van der Waals surface area contributed by atoms with Crippen LogP contribution < -0.4 is 10.6 Å². The molecule has 2 aromatic carbocycles. The Morgan fingerprint density at radius 2 is 1.83 bits per heavy atom. The van der Waals surface area contributed by atoms with Gasteiger partial charge in [-0.3, -0.25) is 0 Å². The van der Waals surface area contributed by atoms with Gasteiger partial charge in [0.05, 0.1) is 0 Å². The summed E-state index contributed by atoms with van der Waals surface area (Å²) in [5.41, 5.74) is 1.22. The van der Waals surface area contributed by atoms with Gasteiger partial charge in [0.25, 0.3) is 0 Å². The molecule has 0 aliphatic heterocycles. The van der Waals surface area contributed by atoms with E-state index in [1.54, 1.807) is 36.5 Å². The van der Waals surface area contributed by atoms with Gasteiger partial charge in [-0.05, 0) is 42.3 Å². The molecule has 6 heteroatoms. The Balaban J connectivity index is 1.60. The molecule has 1 heterocycles. The lowest BCUT2D eigenvalue weighted by molar-refractivity contribution is 0.610. The van der Waals surface area contributed by atoms with E-state index in [-0.39, 0.29) is 11.6 Å². The zero-order valence-corrected chi connectivity index (χ0v) is 12.8. The zero-order valence-electron chi connectivity index (χ0n) is 12.8. The van der Waals surface area contributed by atoms with Crippen molar-refractivity contribution in [1.29, 1.82) is 0 Å². The first kappa shape index (κ1) is 15.9. The van der Waals surface area contributed by atoms with Crippen molar-refractivity contribution < 1.29 is 8.78 Å². The summed E-state index contributed by atoms with van der Waals surface area (Å²) in [6, 6.07) is 14.5. The number of hydrogen-bond acceptors (Lipinski definition) is 4. The van der Waals surface area contributed by atoms with Crippen LogP contribution in [0.5, 0.6) is 0 Å². The molecule has 4 nitrogen and oxygen atoms in total. The van der Waals surface area contributed by atoms with Crippen LogP contribution in [0.15, 0.2) is 60.8 Å². The molecule has 3 aromatic rings. The summed E-state index contributed by atoms with van der Waals surface area (Å²) in [5.74, 6) is 0.423. The highest BCUT2D eigenvalue weighted by atomic mass is 19.1. The third-order valence-corrected chi connectivity index (χ3v) is 3.39. The van der Waals surface area contributed by atoms with Crippen LogP contribution in [0.1, 0.15) is 5.56 Å². The van der Waals surface area contributed by atoms with Gasteiger partial charge in [0.1, 0.15) is 17.5 Å². The summed E-state index contributed by atoms with van der Waals surface area (Å²) >= 11 is 0. The number of benzene rings is 2. The Kier molecular flexibility index (Phi) is 4.96. The molecule has 0 aliphatic rings. The van der Waals surface area contributed by atoms with E-state index in [1.165, 1.54) is 18.2 Å². The fourth-order valence-electron chi connectivity index (χ4n) is 2.24. The van der Waals surface area contributed by atoms with E-state index in [0.29, 0.717) is 36.0 Å². The fourth-order valence-corrected chi connectivity index (χ4v) is 2.24. The molecule has 122 valence electrons. The lowest BCUT2D eigenvalue weighted by Crippen LogP contribution is -2.08. The van der Waals surface area contributed by atoms with Crippen LogP contribution in [-0.2, 0) is 6.42 Å². The van der Waals surface area contributed by atoms with E-state index in [1.807, 2.05) is 6.07 Å². The maximum atomic E-state index is 13.6. The molecule has 0 bridgehead atoms. The van der Waals surface area contributed by atoms with Crippen molar-refractivity contribution in [3.05, 3.63) is 78.0 Å². The van der Waals surface area contributed by atoms with Crippen molar-refractivity contribution >= 4 is 17.5 Å². The van der Waals surface area contributed by atoms with Gasteiger partial charge in [0.2, 0.25) is 5.95 Å².